The van der Waals surface area contributed by atoms with E-state index in [9.17, 15) is 14.4 Å². The number of benzene rings is 1. The molecule has 0 aliphatic carbocycles. The first-order valence-corrected chi connectivity index (χ1v) is 8.36. The molecule has 3 amide bonds. The zero-order chi connectivity index (χ0) is 18.2. The number of nitrogens with one attached hydrogen (secondary N) is 3. The molecule has 2 rings (SSSR count). The standard InChI is InChI=1S/C18H17N3O3S/c1-3-13-6-4-7-14(10-13)21-16(22)11-19-17(23)12(2)20-18(24)15-8-5-9-25-15/h1,4-10,12H,11H2,2H3,(H,19,23)(H,20,24)(H,21,22). The summed E-state index contributed by atoms with van der Waals surface area (Å²) in [7, 11) is 0. The summed E-state index contributed by atoms with van der Waals surface area (Å²) >= 11 is 1.29. The Labute approximate surface area is 149 Å². The van der Waals surface area contributed by atoms with Crippen molar-refractivity contribution in [1.29, 1.82) is 0 Å². The molecule has 128 valence electrons. The second-order valence-corrected chi connectivity index (χ2v) is 6.11. The van der Waals surface area contributed by atoms with E-state index in [1.54, 1.807) is 48.7 Å². The monoisotopic (exact) mass is 355 g/mol. The Morgan fingerprint density at radius 1 is 1.24 bits per heavy atom. The summed E-state index contributed by atoms with van der Waals surface area (Å²) in [4.78, 5) is 36.3. The van der Waals surface area contributed by atoms with Crippen LogP contribution in [0.1, 0.15) is 22.2 Å². The van der Waals surface area contributed by atoms with E-state index in [0.29, 0.717) is 16.1 Å². The number of terminal acetylenes is 1. The lowest BCUT2D eigenvalue weighted by Crippen LogP contribution is -2.46. The Morgan fingerprint density at radius 2 is 2.04 bits per heavy atom. The largest absolute Gasteiger partial charge is 0.345 e. The maximum atomic E-state index is 12.0. The van der Waals surface area contributed by atoms with Gasteiger partial charge in [0.25, 0.3) is 5.91 Å². The Bertz CT molecular complexity index is 809. The Hall–Kier alpha value is -3.11. The van der Waals surface area contributed by atoms with E-state index in [1.807, 2.05) is 0 Å². The fourth-order valence-electron chi connectivity index (χ4n) is 1.95. The van der Waals surface area contributed by atoms with Crippen LogP contribution in [0.5, 0.6) is 0 Å². The minimum Gasteiger partial charge on any atom is -0.345 e. The average Bonchev–Trinajstić information content (AvgIpc) is 3.14. The molecule has 6 nitrogen and oxygen atoms in total. The van der Waals surface area contributed by atoms with Crippen LogP contribution in [-0.4, -0.2) is 30.3 Å². The molecule has 0 bridgehead atoms. The summed E-state index contributed by atoms with van der Waals surface area (Å²) in [5.41, 5.74) is 1.19. The van der Waals surface area contributed by atoms with E-state index in [4.69, 9.17) is 6.42 Å². The number of hydrogen-bond donors (Lipinski definition) is 3. The van der Waals surface area contributed by atoms with Gasteiger partial charge in [-0.3, -0.25) is 14.4 Å². The number of thiophene rings is 1. The third-order valence-electron chi connectivity index (χ3n) is 3.22. The van der Waals surface area contributed by atoms with Crippen LogP contribution < -0.4 is 16.0 Å². The van der Waals surface area contributed by atoms with Crippen LogP contribution in [0.2, 0.25) is 0 Å². The van der Waals surface area contributed by atoms with Gasteiger partial charge in [0.1, 0.15) is 6.04 Å². The van der Waals surface area contributed by atoms with Crippen LogP contribution >= 0.6 is 11.3 Å². The highest BCUT2D eigenvalue weighted by Crippen LogP contribution is 2.09. The molecule has 0 radical (unpaired) electrons. The second kappa shape index (κ2) is 8.66. The van der Waals surface area contributed by atoms with E-state index in [-0.39, 0.29) is 18.4 Å². The summed E-state index contributed by atoms with van der Waals surface area (Å²) in [6, 6.07) is 9.49. The summed E-state index contributed by atoms with van der Waals surface area (Å²) in [6.45, 7) is 1.34. The van der Waals surface area contributed by atoms with E-state index in [2.05, 4.69) is 21.9 Å². The topological polar surface area (TPSA) is 87.3 Å². The van der Waals surface area contributed by atoms with Crippen molar-refractivity contribution in [3.05, 3.63) is 52.2 Å². The number of hydrogen-bond acceptors (Lipinski definition) is 4. The molecule has 0 aliphatic heterocycles. The van der Waals surface area contributed by atoms with Crippen molar-refractivity contribution in [3.8, 4) is 12.3 Å². The zero-order valence-corrected chi connectivity index (χ0v) is 14.4. The minimum absolute atomic E-state index is 0.210. The van der Waals surface area contributed by atoms with Gasteiger partial charge in [-0.25, -0.2) is 0 Å². The van der Waals surface area contributed by atoms with Gasteiger partial charge in [-0.1, -0.05) is 18.1 Å². The second-order valence-electron chi connectivity index (χ2n) is 5.16. The number of amides is 3. The van der Waals surface area contributed by atoms with Gasteiger partial charge in [0.05, 0.1) is 11.4 Å². The van der Waals surface area contributed by atoms with Crippen LogP contribution in [0.4, 0.5) is 5.69 Å². The van der Waals surface area contributed by atoms with Crippen molar-refractivity contribution < 1.29 is 14.4 Å². The van der Waals surface area contributed by atoms with E-state index in [0.717, 1.165) is 0 Å². The summed E-state index contributed by atoms with van der Waals surface area (Å²) in [5, 5.41) is 9.47. The molecule has 1 atom stereocenters. The molecule has 0 fully saturated rings. The number of carbonyl (C=O) groups excluding carboxylic acids is 3. The average molecular weight is 355 g/mol. The van der Waals surface area contributed by atoms with Gasteiger partial charge in [0.15, 0.2) is 0 Å². The maximum Gasteiger partial charge on any atom is 0.261 e. The predicted octanol–water partition coefficient (Wildman–Crippen LogP) is 1.60. The Balaban J connectivity index is 1.79. The molecule has 0 aliphatic rings. The normalized spacial score (nSPS) is 11.0. The zero-order valence-electron chi connectivity index (χ0n) is 13.5. The van der Waals surface area contributed by atoms with Gasteiger partial charge in [-0.15, -0.1) is 17.8 Å². The summed E-state index contributed by atoms with van der Waals surface area (Å²) in [6.07, 6.45) is 5.30. The number of rotatable bonds is 6. The van der Waals surface area contributed by atoms with E-state index in [1.165, 1.54) is 11.3 Å². The Morgan fingerprint density at radius 3 is 2.72 bits per heavy atom. The smallest absolute Gasteiger partial charge is 0.261 e. The van der Waals surface area contributed by atoms with Gasteiger partial charge in [0, 0.05) is 11.3 Å². The van der Waals surface area contributed by atoms with Crippen LogP contribution in [0.25, 0.3) is 0 Å². The predicted molar refractivity (Wildman–Crippen MR) is 97.3 cm³/mol. The maximum absolute atomic E-state index is 12.0. The van der Waals surface area contributed by atoms with E-state index >= 15 is 0 Å². The van der Waals surface area contributed by atoms with Crippen LogP contribution in [0, 0.1) is 12.3 Å². The molecular weight excluding hydrogens is 338 g/mol. The summed E-state index contributed by atoms with van der Waals surface area (Å²) in [5.74, 6) is 1.31. The molecule has 3 N–H and O–H groups in total. The molecule has 0 spiro atoms. The van der Waals surface area contributed by atoms with Crippen LogP contribution in [-0.2, 0) is 9.59 Å². The quantitative estimate of drug-likeness (QED) is 0.688. The van der Waals surface area contributed by atoms with Gasteiger partial charge in [-0.2, -0.15) is 0 Å². The summed E-state index contributed by atoms with van der Waals surface area (Å²) < 4.78 is 0. The fourth-order valence-corrected chi connectivity index (χ4v) is 2.58. The van der Waals surface area contributed by atoms with E-state index < -0.39 is 11.9 Å². The SMILES string of the molecule is C#Cc1cccc(NC(=O)CNC(=O)C(C)NC(=O)c2cccs2)c1. The first-order valence-electron chi connectivity index (χ1n) is 7.48. The highest BCUT2D eigenvalue weighted by molar-refractivity contribution is 7.12. The molecule has 1 aromatic carbocycles. The van der Waals surface area contributed by atoms with Gasteiger partial charge >= 0.3 is 0 Å². The molecule has 25 heavy (non-hydrogen) atoms. The van der Waals surface area contributed by atoms with Crippen LogP contribution in [0.15, 0.2) is 41.8 Å². The van der Waals surface area contributed by atoms with Crippen LogP contribution in [0.3, 0.4) is 0 Å². The molecule has 1 heterocycles. The lowest BCUT2D eigenvalue weighted by molar-refractivity contribution is -0.125. The van der Waals surface area contributed by atoms with Gasteiger partial charge in [-0.05, 0) is 36.6 Å². The highest BCUT2D eigenvalue weighted by Gasteiger charge is 2.17. The van der Waals surface area contributed by atoms with Crippen molar-refractivity contribution in [2.45, 2.75) is 13.0 Å². The third kappa shape index (κ3) is 5.48. The molecular formula is C18H17N3O3S. The Kier molecular flexibility index (Phi) is 6.32. The van der Waals surface area contributed by atoms with Crippen molar-refractivity contribution in [2.75, 3.05) is 11.9 Å². The lowest BCUT2D eigenvalue weighted by Gasteiger charge is -2.13. The molecule has 1 unspecified atom stereocenters. The third-order valence-corrected chi connectivity index (χ3v) is 4.09. The van der Waals surface area contributed by atoms with Crippen molar-refractivity contribution in [2.24, 2.45) is 0 Å². The highest BCUT2D eigenvalue weighted by atomic mass is 32.1. The van der Waals surface area contributed by atoms with Gasteiger partial charge in [0.2, 0.25) is 11.8 Å². The van der Waals surface area contributed by atoms with Crippen molar-refractivity contribution in [3.63, 3.8) is 0 Å². The van der Waals surface area contributed by atoms with Crippen molar-refractivity contribution >= 4 is 34.7 Å². The number of carbonyl (C=O) groups is 3. The first kappa shape index (κ1) is 18.2. The molecule has 2 aromatic rings. The van der Waals surface area contributed by atoms with Gasteiger partial charge < -0.3 is 16.0 Å². The molecule has 0 saturated carbocycles. The fraction of sp³-hybridized carbons (Fsp3) is 0.167. The number of anilines is 1. The first-order chi connectivity index (χ1) is 12.0. The molecule has 1 aromatic heterocycles. The minimum atomic E-state index is -0.757. The van der Waals surface area contributed by atoms with Crippen molar-refractivity contribution in [1.82, 2.24) is 10.6 Å². The molecule has 7 heteroatoms. The molecule has 0 saturated heterocycles. The lowest BCUT2D eigenvalue weighted by atomic mass is 10.2.